The van der Waals surface area contributed by atoms with E-state index in [4.69, 9.17) is 10.2 Å². The molecule has 2 N–H and O–H groups in total. The molecule has 0 atom stereocenters. The van der Waals surface area contributed by atoms with E-state index in [1.807, 2.05) is 0 Å². The van der Waals surface area contributed by atoms with Crippen molar-refractivity contribution in [2.45, 2.75) is 13.8 Å². The Bertz CT molecular complexity index is 14.5. The number of rotatable bonds is 0. The average molecular weight is 303 g/mol. The van der Waals surface area contributed by atoms with Crippen molar-refractivity contribution in [3.8, 4) is 0 Å². The van der Waals surface area contributed by atoms with E-state index in [-0.39, 0.29) is 50.0 Å². The Morgan fingerprint density at radius 3 is 0.889 bits per heavy atom. The van der Waals surface area contributed by atoms with Gasteiger partial charge in [0.2, 0.25) is 0 Å². The maximum atomic E-state index is 8.93. The molecular weight excluding hydrogens is 291 g/mol. The third kappa shape index (κ3) is 778. The third-order valence-corrected chi connectivity index (χ3v) is 0. The van der Waals surface area contributed by atoms with Crippen LogP contribution in [-0.4, -0.2) is 24.2 Å². The summed E-state index contributed by atoms with van der Waals surface area (Å²) in [7, 11) is 0. The first-order valence-corrected chi connectivity index (χ1v) is 1.99. The molecule has 4 nitrogen and oxygen atoms in total. The Kier molecular flexibility index (Phi) is 260. The van der Waals surface area contributed by atoms with Gasteiger partial charge in [-0.25, -0.2) is 0 Å². The molecule has 0 amide bonds. The Balaban J connectivity index is -0.00000000889. The summed E-state index contributed by atoms with van der Waals surface area (Å²) in [4.78, 5) is 0. The van der Waals surface area contributed by atoms with Crippen LogP contribution in [0.5, 0.6) is 0 Å². The minimum atomic E-state index is 0. The zero-order valence-electron chi connectivity index (χ0n) is 5.63. The fourth-order valence-electron chi connectivity index (χ4n) is 0. The second-order valence-electron chi connectivity index (χ2n) is 0.577. The maximum Gasteiger partial charge on any atom is 4.00 e. The Labute approximate surface area is 74.3 Å². The molecule has 0 aromatic carbocycles. The zero-order chi connectivity index (χ0) is 5.41. The van der Waals surface area contributed by atoms with Gasteiger partial charge < -0.3 is 21.2 Å². The molecule has 0 aliphatic rings. The van der Waals surface area contributed by atoms with Crippen LogP contribution >= 0.6 is 0 Å². The SMILES string of the molecule is CC[O-].CC[O-].[Hf+4].[OH-].[OH-]. The van der Waals surface area contributed by atoms with Crippen LogP contribution in [0.3, 0.4) is 0 Å². The van der Waals surface area contributed by atoms with Crippen LogP contribution in [-0.2, 0) is 25.8 Å². The van der Waals surface area contributed by atoms with E-state index in [0.717, 1.165) is 0 Å². The summed E-state index contributed by atoms with van der Waals surface area (Å²) in [6.45, 7) is 3.14. The van der Waals surface area contributed by atoms with Gasteiger partial charge in [-0.05, 0) is 0 Å². The van der Waals surface area contributed by atoms with E-state index in [9.17, 15) is 0 Å². The molecule has 0 fully saturated rings. The van der Waals surface area contributed by atoms with Crippen LogP contribution in [0.2, 0.25) is 0 Å². The van der Waals surface area contributed by atoms with Gasteiger partial charge in [-0.15, -0.1) is 13.2 Å². The summed E-state index contributed by atoms with van der Waals surface area (Å²) in [5, 5.41) is 17.9. The van der Waals surface area contributed by atoms with E-state index in [1.165, 1.54) is 0 Å². The largest absolute Gasteiger partial charge is 4.00 e. The molecule has 56 valence electrons. The monoisotopic (exact) mass is 304 g/mol. The topological polar surface area (TPSA) is 106 Å². The molecule has 0 radical (unpaired) electrons. The normalized spacial score (nSPS) is 4.00. The molecule has 0 aromatic rings. The van der Waals surface area contributed by atoms with Crippen molar-refractivity contribution in [2.75, 3.05) is 13.2 Å². The van der Waals surface area contributed by atoms with Crippen molar-refractivity contribution in [1.82, 2.24) is 0 Å². The smallest absolute Gasteiger partial charge is 0.870 e. The van der Waals surface area contributed by atoms with Crippen molar-refractivity contribution in [3.63, 3.8) is 0 Å². The fraction of sp³-hybridized carbons (Fsp3) is 1.00. The molecule has 0 rings (SSSR count). The molecule has 9 heavy (non-hydrogen) atoms. The summed E-state index contributed by atoms with van der Waals surface area (Å²) in [6.07, 6.45) is 0. The molecule has 0 saturated carbocycles. The summed E-state index contributed by atoms with van der Waals surface area (Å²) >= 11 is 0. The molecule has 0 spiro atoms. The van der Waals surface area contributed by atoms with Crippen LogP contribution in [0.1, 0.15) is 13.8 Å². The maximum absolute atomic E-state index is 8.93. The molecule has 0 aliphatic heterocycles. The first-order chi connectivity index (χ1) is 2.83. The zero-order valence-corrected chi connectivity index (χ0v) is 9.22. The van der Waals surface area contributed by atoms with Gasteiger partial charge >= 0.3 is 25.8 Å². The molecule has 5 heteroatoms. The van der Waals surface area contributed by atoms with Crippen molar-refractivity contribution in [2.24, 2.45) is 0 Å². The van der Waals surface area contributed by atoms with E-state index in [0.29, 0.717) is 0 Å². The van der Waals surface area contributed by atoms with Gasteiger partial charge in [-0.2, -0.15) is 0 Å². The van der Waals surface area contributed by atoms with E-state index >= 15 is 0 Å². The van der Waals surface area contributed by atoms with Gasteiger partial charge in [0.15, 0.2) is 0 Å². The Morgan fingerprint density at radius 1 is 0.889 bits per heavy atom. The van der Waals surface area contributed by atoms with E-state index in [2.05, 4.69) is 0 Å². The van der Waals surface area contributed by atoms with Crippen molar-refractivity contribution < 1.29 is 47.0 Å². The quantitative estimate of drug-likeness (QED) is 0.501. The Morgan fingerprint density at radius 2 is 0.889 bits per heavy atom. The van der Waals surface area contributed by atoms with Crippen LogP contribution in [0.25, 0.3) is 0 Å². The summed E-state index contributed by atoms with van der Waals surface area (Å²) in [5.74, 6) is 0. The van der Waals surface area contributed by atoms with Gasteiger partial charge in [-0.1, -0.05) is 13.8 Å². The average Bonchev–Trinajstić information content (AvgIpc) is 1.39. The predicted octanol–water partition coefficient (Wildman–Crippen LogP) is -1.62. The van der Waals surface area contributed by atoms with Gasteiger partial charge in [0, 0.05) is 0 Å². The van der Waals surface area contributed by atoms with Crippen molar-refractivity contribution >= 4 is 0 Å². The van der Waals surface area contributed by atoms with Crippen LogP contribution in [0, 0.1) is 0 Å². The molecule has 0 bridgehead atoms. The van der Waals surface area contributed by atoms with E-state index in [1.54, 1.807) is 13.8 Å². The standard InChI is InChI=1S/2C2H5O.Hf.2H2O/c2*1-2-3;;;/h2*2H2,1H3;;2*1H2/q2*-1;+4;;/p-2. The first-order valence-electron chi connectivity index (χ1n) is 1.99. The van der Waals surface area contributed by atoms with Crippen LogP contribution < -0.4 is 10.2 Å². The van der Waals surface area contributed by atoms with Gasteiger partial charge in [0.25, 0.3) is 0 Å². The second kappa shape index (κ2) is 70.5. The number of hydrogen-bond donors (Lipinski definition) is 0. The molecule has 0 aliphatic carbocycles. The minimum absolute atomic E-state index is 0. The summed E-state index contributed by atoms with van der Waals surface area (Å²) in [5.41, 5.74) is 0. The molecule has 0 saturated heterocycles. The van der Waals surface area contributed by atoms with E-state index < -0.39 is 0 Å². The fourth-order valence-corrected chi connectivity index (χ4v) is 0. The van der Waals surface area contributed by atoms with Gasteiger partial charge in [0.1, 0.15) is 0 Å². The van der Waals surface area contributed by atoms with Crippen LogP contribution in [0.4, 0.5) is 0 Å². The van der Waals surface area contributed by atoms with Gasteiger partial charge in [-0.3, -0.25) is 0 Å². The molecular formula is C4H12HfO4. The van der Waals surface area contributed by atoms with Crippen molar-refractivity contribution in [3.05, 3.63) is 0 Å². The summed E-state index contributed by atoms with van der Waals surface area (Å²) < 4.78 is 0. The van der Waals surface area contributed by atoms with Crippen molar-refractivity contribution in [1.29, 1.82) is 0 Å². The first kappa shape index (κ1) is 33.2. The molecule has 0 unspecified atom stereocenters. The van der Waals surface area contributed by atoms with Crippen LogP contribution in [0.15, 0.2) is 0 Å². The minimum Gasteiger partial charge on any atom is -0.870 e. The predicted molar refractivity (Wildman–Crippen MR) is 25.0 cm³/mol. The Hall–Kier alpha value is 0.710. The summed E-state index contributed by atoms with van der Waals surface area (Å²) in [6, 6.07) is 0. The van der Waals surface area contributed by atoms with Gasteiger partial charge in [0.05, 0.1) is 0 Å². The second-order valence-corrected chi connectivity index (χ2v) is 0.577. The third-order valence-electron chi connectivity index (χ3n) is 0. The molecule has 0 heterocycles. The molecule has 0 aromatic heterocycles. The number of hydrogen-bond acceptors (Lipinski definition) is 4.